The number of rotatable bonds is 7. The van der Waals surface area contributed by atoms with E-state index in [1.54, 1.807) is 0 Å². The molecule has 0 saturated heterocycles. The highest BCUT2D eigenvalue weighted by Crippen LogP contribution is 2.22. The third kappa shape index (κ3) is 5.19. The zero-order valence-electron chi connectivity index (χ0n) is 15.1. The van der Waals surface area contributed by atoms with Crippen molar-refractivity contribution in [3.8, 4) is 0 Å². The third-order valence-electron chi connectivity index (χ3n) is 3.92. The average molecular weight is 358 g/mol. The molecule has 0 radical (unpaired) electrons. The Kier molecular flexibility index (Phi) is 6.77. The number of carbonyl (C=O) groups excluding carboxylic acids is 1. The largest absolute Gasteiger partial charge is 0.351 e. The maximum atomic E-state index is 13.1. The predicted octanol–water partition coefficient (Wildman–Crippen LogP) is 2.78. The van der Waals surface area contributed by atoms with Crippen molar-refractivity contribution >= 4 is 21.6 Å². The van der Waals surface area contributed by atoms with Crippen LogP contribution in [0.2, 0.25) is 0 Å². The molecule has 0 heterocycles. The lowest BCUT2D eigenvalue weighted by molar-refractivity contribution is -0.123. The molecule has 5 nitrogen and oxygen atoms in total. The van der Waals surface area contributed by atoms with E-state index in [2.05, 4.69) is 5.32 Å². The van der Waals surface area contributed by atoms with E-state index in [4.69, 9.17) is 0 Å². The molecule has 0 unspecified atom stereocenters. The molecule has 0 bridgehead atoms. The zero-order valence-corrected chi connectivity index (χ0v) is 15.9. The van der Waals surface area contributed by atoms with Gasteiger partial charge in [-0.05, 0) is 43.0 Å². The summed E-state index contributed by atoms with van der Waals surface area (Å²) in [6.45, 7) is 9.54. The van der Waals surface area contributed by atoms with Gasteiger partial charge in [0.2, 0.25) is 15.9 Å². The summed E-state index contributed by atoms with van der Waals surface area (Å²) >= 11 is 0. The van der Waals surface area contributed by atoms with Gasteiger partial charge < -0.3 is 5.32 Å². The number of benzene rings is 1. The number of anilines is 1. The Balaban J connectivity index is 3.11. The highest BCUT2D eigenvalue weighted by molar-refractivity contribution is 7.92. The van der Waals surface area contributed by atoms with E-state index in [1.807, 2.05) is 27.7 Å². The summed E-state index contributed by atoms with van der Waals surface area (Å²) < 4.78 is 38.5. The van der Waals surface area contributed by atoms with Gasteiger partial charge in [-0.25, -0.2) is 12.8 Å². The maximum absolute atomic E-state index is 13.1. The van der Waals surface area contributed by atoms with Gasteiger partial charge in [0.25, 0.3) is 0 Å². The average Bonchev–Trinajstić information content (AvgIpc) is 2.44. The molecule has 0 saturated carbocycles. The molecule has 1 N–H and O–H groups in total. The van der Waals surface area contributed by atoms with Gasteiger partial charge in [-0.3, -0.25) is 9.10 Å². The summed E-state index contributed by atoms with van der Waals surface area (Å²) in [5.74, 6) is -0.404. The molecule has 0 aliphatic heterocycles. The Morgan fingerprint density at radius 1 is 1.04 bits per heavy atom. The monoisotopic (exact) mass is 358 g/mol. The first-order valence-electron chi connectivity index (χ1n) is 8.00. The summed E-state index contributed by atoms with van der Waals surface area (Å²) in [5, 5.41) is 2.93. The fourth-order valence-electron chi connectivity index (χ4n) is 2.78. The molecule has 24 heavy (non-hydrogen) atoms. The Morgan fingerprint density at radius 3 is 1.88 bits per heavy atom. The number of hydrogen-bond acceptors (Lipinski definition) is 3. The van der Waals surface area contributed by atoms with Crippen LogP contribution in [-0.2, 0) is 14.8 Å². The highest BCUT2D eigenvalue weighted by Gasteiger charge is 2.31. The molecule has 1 atom stereocenters. The Morgan fingerprint density at radius 2 is 1.50 bits per heavy atom. The van der Waals surface area contributed by atoms with E-state index >= 15 is 0 Å². The molecule has 0 aromatic heterocycles. The fraction of sp³-hybridized carbons (Fsp3) is 0.588. The van der Waals surface area contributed by atoms with Gasteiger partial charge in [0.05, 0.1) is 11.9 Å². The van der Waals surface area contributed by atoms with Crippen molar-refractivity contribution in [2.75, 3.05) is 10.6 Å². The van der Waals surface area contributed by atoms with Crippen molar-refractivity contribution in [3.05, 3.63) is 30.1 Å². The van der Waals surface area contributed by atoms with Crippen molar-refractivity contribution in [3.63, 3.8) is 0 Å². The normalized spacial score (nSPS) is 13.4. The van der Waals surface area contributed by atoms with Gasteiger partial charge in [-0.1, -0.05) is 27.7 Å². The van der Waals surface area contributed by atoms with Crippen molar-refractivity contribution < 1.29 is 17.6 Å². The number of amides is 1. The Bertz CT molecular complexity index is 649. The minimum atomic E-state index is -3.70. The number of carbonyl (C=O) groups is 1. The highest BCUT2D eigenvalue weighted by atomic mass is 32.2. The predicted molar refractivity (Wildman–Crippen MR) is 94.8 cm³/mol. The number of hydrogen-bond donors (Lipinski definition) is 1. The van der Waals surface area contributed by atoms with Crippen LogP contribution < -0.4 is 9.62 Å². The van der Waals surface area contributed by atoms with Gasteiger partial charge in [0.15, 0.2) is 0 Å². The van der Waals surface area contributed by atoms with Gasteiger partial charge in [0.1, 0.15) is 11.9 Å². The zero-order chi connectivity index (χ0) is 18.7. The first-order chi connectivity index (χ1) is 10.9. The summed E-state index contributed by atoms with van der Waals surface area (Å²) in [6, 6.07) is 4.04. The van der Waals surface area contributed by atoms with Crippen LogP contribution in [0, 0.1) is 17.7 Å². The van der Waals surface area contributed by atoms with Gasteiger partial charge in [0, 0.05) is 6.04 Å². The van der Waals surface area contributed by atoms with Crippen LogP contribution >= 0.6 is 0 Å². The van der Waals surface area contributed by atoms with Gasteiger partial charge >= 0.3 is 0 Å². The summed E-state index contributed by atoms with van der Waals surface area (Å²) in [5.41, 5.74) is 0.257. The van der Waals surface area contributed by atoms with E-state index in [-0.39, 0.29) is 29.5 Å². The molecular weight excluding hydrogens is 331 g/mol. The van der Waals surface area contributed by atoms with Crippen LogP contribution in [0.5, 0.6) is 0 Å². The minimum absolute atomic E-state index is 0.0606. The number of sulfonamides is 1. The van der Waals surface area contributed by atoms with E-state index in [0.29, 0.717) is 0 Å². The summed E-state index contributed by atoms with van der Waals surface area (Å²) in [6.07, 6.45) is 1.03. The molecule has 1 amide bonds. The van der Waals surface area contributed by atoms with E-state index in [0.717, 1.165) is 10.6 Å². The second-order valence-corrected chi connectivity index (χ2v) is 8.59. The number of nitrogens with one attached hydrogen (secondary N) is 1. The maximum Gasteiger partial charge on any atom is 0.243 e. The second-order valence-electron chi connectivity index (χ2n) is 6.73. The summed E-state index contributed by atoms with van der Waals surface area (Å²) in [7, 11) is -3.70. The first kappa shape index (κ1) is 20.4. The van der Waals surface area contributed by atoms with Crippen LogP contribution in [0.3, 0.4) is 0 Å². The Labute approximate surface area is 144 Å². The van der Waals surface area contributed by atoms with Gasteiger partial charge in [-0.15, -0.1) is 0 Å². The lowest BCUT2D eigenvalue weighted by Gasteiger charge is -2.32. The SMILES string of the molecule is CC(C)C(NC(=O)[C@H](C)N(c1ccc(F)cc1)S(C)(=O)=O)C(C)C. The molecule has 0 fully saturated rings. The van der Waals surface area contributed by atoms with Gasteiger partial charge in [-0.2, -0.15) is 0 Å². The molecule has 1 aromatic carbocycles. The second kappa shape index (κ2) is 7.96. The Hall–Kier alpha value is -1.63. The lowest BCUT2D eigenvalue weighted by Crippen LogP contribution is -2.52. The molecule has 0 aliphatic carbocycles. The minimum Gasteiger partial charge on any atom is -0.351 e. The summed E-state index contributed by atoms with van der Waals surface area (Å²) in [4.78, 5) is 12.6. The van der Waals surface area contributed by atoms with Crippen LogP contribution in [0.4, 0.5) is 10.1 Å². The smallest absolute Gasteiger partial charge is 0.243 e. The molecule has 136 valence electrons. The van der Waals surface area contributed by atoms with Crippen LogP contribution in [0.25, 0.3) is 0 Å². The topological polar surface area (TPSA) is 66.5 Å². The third-order valence-corrected chi connectivity index (χ3v) is 5.16. The van der Waals surface area contributed by atoms with Crippen molar-refractivity contribution in [1.82, 2.24) is 5.32 Å². The van der Waals surface area contributed by atoms with E-state index < -0.39 is 21.9 Å². The molecule has 0 aliphatic rings. The lowest BCUT2D eigenvalue weighted by atomic mass is 9.93. The first-order valence-corrected chi connectivity index (χ1v) is 9.85. The van der Waals surface area contributed by atoms with Crippen molar-refractivity contribution in [2.45, 2.75) is 46.7 Å². The van der Waals surface area contributed by atoms with Crippen molar-refractivity contribution in [1.29, 1.82) is 0 Å². The molecule has 1 rings (SSSR count). The molecule has 7 heteroatoms. The molecule has 1 aromatic rings. The standard InChI is InChI=1S/C17H27FN2O3S/c1-11(2)16(12(3)4)19-17(21)13(5)20(24(6,22)23)15-9-7-14(18)8-10-15/h7-13,16H,1-6H3,(H,19,21)/t13-/m0/s1. The van der Waals surface area contributed by atoms with Crippen LogP contribution in [-0.4, -0.2) is 32.7 Å². The number of nitrogens with zero attached hydrogens (tertiary/aromatic N) is 1. The quantitative estimate of drug-likeness (QED) is 0.815. The van der Waals surface area contributed by atoms with Crippen LogP contribution in [0.15, 0.2) is 24.3 Å². The van der Waals surface area contributed by atoms with Crippen LogP contribution in [0.1, 0.15) is 34.6 Å². The molecule has 0 spiro atoms. The fourth-order valence-corrected chi connectivity index (χ4v) is 3.96. The van der Waals surface area contributed by atoms with E-state index in [9.17, 15) is 17.6 Å². The van der Waals surface area contributed by atoms with Crippen molar-refractivity contribution in [2.24, 2.45) is 11.8 Å². The van der Waals surface area contributed by atoms with E-state index in [1.165, 1.54) is 31.2 Å². The number of halogens is 1. The molecular formula is C17H27FN2O3S.